The van der Waals surface area contributed by atoms with Crippen LogP contribution in [0.5, 0.6) is 5.75 Å². The molecule has 0 saturated carbocycles. The van der Waals surface area contributed by atoms with E-state index in [9.17, 15) is 4.79 Å². The van der Waals surface area contributed by atoms with Crippen molar-refractivity contribution in [2.75, 3.05) is 7.05 Å². The zero-order valence-corrected chi connectivity index (χ0v) is 17.1. The first kappa shape index (κ1) is 19.4. The number of thiazole rings is 1. The number of carbonyl (C=O) groups excluding carboxylic acids is 1. The topological polar surface area (TPSA) is 42.4 Å². The summed E-state index contributed by atoms with van der Waals surface area (Å²) in [6.07, 6.45) is 0. The molecular formula is C21H21ClN2O2S. The van der Waals surface area contributed by atoms with Gasteiger partial charge in [-0.3, -0.25) is 4.79 Å². The Bertz CT molecular complexity index is 907. The number of hydrogen-bond donors (Lipinski definition) is 0. The van der Waals surface area contributed by atoms with E-state index < -0.39 is 0 Å². The smallest absolute Gasteiger partial charge is 0.273 e. The van der Waals surface area contributed by atoms with E-state index in [2.05, 4.69) is 4.98 Å². The Hall–Kier alpha value is -2.37. The number of nitrogens with zero attached hydrogens (tertiary/aromatic N) is 2. The van der Waals surface area contributed by atoms with Crippen molar-refractivity contribution >= 4 is 28.8 Å². The third-order valence-corrected chi connectivity index (χ3v) is 5.48. The van der Waals surface area contributed by atoms with Crippen LogP contribution in [-0.2, 0) is 6.61 Å². The number of amides is 1. The Morgan fingerprint density at radius 3 is 2.52 bits per heavy atom. The van der Waals surface area contributed by atoms with Crippen LogP contribution in [-0.4, -0.2) is 22.8 Å². The molecule has 1 unspecified atom stereocenters. The highest BCUT2D eigenvalue weighted by atomic mass is 35.5. The first-order valence-electron chi connectivity index (χ1n) is 8.60. The Morgan fingerprint density at radius 2 is 1.85 bits per heavy atom. The van der Waals surface area contributed by atoms with E-state index in [1.54, 1.807) is 17.3 Å². The summed E-state index contributed by atoms with van der Waals surface area (Å²) in [6, 6.07) is 15.3. The maximum absolute atomic E-state index is 12.8. The van der Waals surface area contributed by atoms with E-state index in [4.69, 9.17) is 16.3 Å². The summed E-state index contributed by atoms with van der Waals surface area (Å²) in [5, 5.41) is 3.23. The van der Waals surface area contributed by atoms with Crippen molar-refractivity contribution < 1.29 is 9.53 Å². The number of aromatic nitrogens is 1. The van der Waals surface area contributed by atoms with E-state index in [0.717, 1.165) is 16.3 Å². The quantitative estimate of drug-likeness (QED) is 0.547. The minimum absolute atomic E-state index is 0.0799. The van der Waals surface area contributed by atoms with Crippen LogP contribution in [0.25, 0.3) is 0 Å². The van der Waals surface area contributed by atoms with Crippen molar-refractivity contribution in [1.29, 1.82) is 0 Å². The molecule has 0 radical (unpaired) electrons. The summed E-state index contributed by atoms with van der Waals surface area (Å²) in [6.45, 7) is 4.36. The third-order valence-electron chi connectivity index (χ3n) is 4.41. The molecule has 2 aromatic carbocycles. The molecule has 0 aliphatic heterocycles. The predicted octanol–water partition coefficient (Wildman–Crippen LogP) is 5.52. The fourth-order valence-electron chi connectivity index (χ4n) is 2.58. The van der Waals surface area contributed by atoms with Gasteiger partial charge in [-0.25, -0.2) is 4.98 Å². The predicted molar refractivity (Wildman–Crippen MR) is 110 cm³/mol. The molecule has 3 rings (SSSR count). The first-order chi connectivity index (χ1) is 12.9. The van der Waals surface area contributed by atoms with Gasteiger partial charge in [0.2, 0.25) is 0 Å². The molecule has 6 heteroatoms. The lowest BCUT2D eigenvalue weighted by Gasteiger charge is -2.24. The zero-order valence-electron chi connectivity index (χ0n) is 15.5. The highest BCUT2D eigenvalue weighted by Crippen LogP contribution is 2.23. The van der Waals surface area contributed by atoms with Gasteiger partial charge in [-0.05, 0) is 43.7 Å². The molecule has 3 aromatic rings. The van der Waals surface area contributed by atoms with Crippen LogP contribution in [0.1, 0.15) is 39.6 Å². The first-order valence-corrected chi connectivity index (χ1v) is 9.86. The Labute approximate surface area is 168 Å². The van der Waals surface area contributed by atoms with Crippen LogP contribution in [0.3, 0.4) is 0 Å². The summed E-state index contributed by atoms with van der Waals surface area (Å²) in [4.78, 5) is 18.9. The molecule has 4 nitrogen and oxygen atoms in total. The SMILES string of the molecule is Cc1ccc(OCc2nc(C(=O)N(C)C(C)c3ccc(Cl)cc3)cs2)cc1. The Kier molecular flexibility index (Phi) is 6.14. The number of ether oxygens (including phenoxy) is 1. The molecule has 140 valence electrons. The molecule has 1 aromatic heterocycles. The molecule has 0 fully saturated rings. The Morgan fingerprint density at radius 1 is 1.19 bits per heavy atom. The monoisotopic (exact) mass is 400 g/mol. The van der Waals surface area contributed by atoms with E-state index in [-0.39, 0.29) is 11.9 Å². The fourth-order valence-corrected chi connectivity index (χ4v) is 3.38. The lowest BCUT2D eigenvalue weighted by molar-refractivity contribution is 0.0737. The molecule has 0 spiro atoms. The molecule has 0 N–H and O–H groups in total. The largest absolute Gasteiger partial charge is 0.486 e. The maximum atomic E-state index is 12.8. The fraction of sp³-hybridized carbons (Fsp3) is 0.238. The van der Waals surface area contributed by atoms with E-state index >= 15 is 0 Å². The average Bonchev–Trinajstić information content (AvgIpc) is 3.15. The van der Waals surface area contributed by atoms with Gasteiger partial charge in [0.15, 0.2) is 0 Å². The van der Waals surface area contributed by atoms with Crippen molar-refractivity contribution in [1.82, 2.24) is 9.88 Å². The van der Waals surface area contributed by atoms with Crippen LogP contribution in [0.15, 0.2) is 53.9 Å². The minimum atomic E-state index is -0.115. The highest BCUT2D eigenvalue weighted by molar-refractivity contribution is 7.09. The van der Waals surface area contributed by atoms with Crippen molar-refractivity contribution in [2.45, 2.75) is 26.5 Å². The lowest BCUT2D eigenvalue weighted by atomic mass is 10.1. The molecule has 0 saturated heterocycles. The zero-order chi connectivity index (χ0) is 19.4. The number of aryl methyl sites for hydroxylation is 1. The van der Waals surface area contributed by atoms with Crippen molar-refractivity contribution in [2.24, 2.45) is 0 Å². The second kappa shape index (κ2) is 8.55. The molecule has 0 bridgehead atoms. The molecule has 1 amide bonds. The molecule has 0 aliphatic carbocycles. The van der Waals surface area contributed by atoms with Crippen LogP contribution in [0.2, 0.25) is 5.02 Å². The van der Waals surface area contributed by atoms with Crippen molar-refractivity contribution in [3.05, 3.63) is 80.8 Å². The maximum Gasteiger partial charge on any atom is 0.273 e. The van der Waals surface area contributed by atoms with Gasteiger partial charge in [-0.15, -0.1) is 11.3 Å². The minimum Gasteiger partial charge on any atom is -0.486 e. The van der Waals surface area contributed by atoms with Crippen LogP contribution >= 0.6 is 22.9 Å². The summed E-state index contributed by atoms with van der Waals surface area (Å²) >= 11 is 7.36. The van der Waals surface area contributed by atoms with Crippen molar-refractivity contribution in [3.63, 3.8) is 0 Å². The summed E-state index contributed by atoms with van der Waals surface area (Å²) < 4.78 is 5.74. The van der Waals surface area contributed by atoms with Gasteiger partial charge < -0.3 is 9.64 Å². The van der Waals surface area contributed by atoms with Gasteiger partial charge in [0.05, 0.1) is 6.04 Å². The molecule has 27 heavy (non-hydrogen) atoms. The van der Waals surface area contributed by atoms with Gasteiger partial charge in [0.1, 0.15) is 23.1 Å². The third kappa shape index (κ3) is 4.87. The molecule has 1 atom stereocenters. The van der Waals surface area contributed by atoms with E-state index in [1.807, 2.05) is 62.4 Å². The number of benzene rings is 2. The van der Waals surface area contributed by atoms with Gasteiger partial charge in [0.25, 0.3) is 5.91 Å². The molecular weight excluding hydrogens is 380 g/mol. The molecule has 0 aliphatic rings. The normalized spacial score (nSPS) is 11.9. The van der Waals surface area contributed by atoms with Crippen molar-refractivity contribution in [3.8, 4) is 5.75 Å². The summed E-state index contributed by atoms with van der Waals surface area (Å²) in [5.41, 5.74) is 2.64. The Balaban J connectivity index is 1.63. The van der Waals surface area contributed by atoms with E-state index in [1.165, 1.54) is 16.9 Å². The lowest BCUT2D eigenvalue weighted by Crippen LogP contribution is -2.29. The summed E-state index contributed by atoms with van der Waals surface area (Å²) in [7, 11) is 1.78. The van der Waals surface area contributed by atoms with Crippen LogP contribution in [0.4, 0.5) is 0 Å². The molecule has 1 heterocycles. The van der Waals surface area contributed by atoms with Crippen LogP contribution < -0.4 is 4.74 Å². The standard InChI is InChI=1S/C21H21ClN2O2S/c1-14-4-10-18(11-5-14)26-12-20-23-19(13-27-20)21(25)24(3)15(2)16-6-8-17(22)9-7-16/h4-11,13,15H,12H2,1-3H3. The van der Waals surface area contributed by atoms with Gasteiger partial charge in [0, 0.05) is 17.5 Å². The van der Waals surface area contributed by atoms with Gasteiger partial charge in [-0.1, -0.05) is 41.4 Å². The second-order valence-electron chi connectivity index (χ2n) is 6.37. The summed E-state index contributed by atoms with van der Waals surface area (Å²) in [5.74, 6) is 0.674. The van der Waals surface area contributed by atoms with Gasteiger partial charge >= 0.3 is 0 Å². The number of carbonyl (C=O) groups is 1. The average molecular weight is 401 g/mol. The second-order valence-corrected chi connectivity index (χ2v) is 7.75. The van der Waals surface area contributed by atoms with Gasteiger partial charge in [-0.2, -0.15) is 0 Å². The number of hydrogen-bond acceptors (Lipinski definition) is 4. The van der Waals surface area contributed by atoms with E-state index in [0.29, 0.717) is 17.3 Å². The van der Waals surface area contributed by atoms with Crippen LogP contribution in [0, 0.1) is 6.92 Å². The highest BCUT2D eigenvalue weighted by Gasteiger charge is 2.21. The number of halogens is 1. The number of rotatable bonds is 6.